The molecule has 0 saturated carbocycles. The van der Waals surface area contributed by atoms with Crippen LogP contribution in [0.15, 0.2) is 48.8 Å². The highest BCUT2D eigenvalue weighted by Gasteiger charge is 2.24. The molecule has 0 unspecified atom stereocenters. The molecule has 2 heterocycles. The molecule has 152 valence electrons. The summed E-state index contributed by atoms with van der Waals surface area (Å²) in [4.78, 5) is 42.2. The molecule has 1 saturated heterocycles. The van der Waals surface area contributed by atoms with E-state index in [1.54, 1.807) is 42.7 Å². The van der Waals surface area contributed by atoms with Crippen molar-refractivity contribution in [2.45, 2.75) is 19.4 Å². The van der Waals surface area contributed by atoms with E-state index < -0.39 is 11.8 Å². The van der Waals surface area contributed by atoms with E-state index in [2.05, 4.69) is 15.6 Å². The van der Waals surface area contributed by atoms with Crippen LogP contribution in [0.3, 0.4) is 0 Å². The van der Waals surface area contributed by atoms with Crippen LogP contribution in [-0.4, -0.2) is 47.2 Å². The summed E-state index contributed by atoms with van der Waals surface area (Å²) in [5.41, 5.74) is 1.38. The van der Waals surface area contributed by atoms with E-state index in [4.69, 9.17) is 11.6 Å². The van der Waals surface area contributed by atoms with Gasteiger partial charge in [0, 0.05) is 49.2 Å². The number of benzene rings is 1. The predicted octanol–water partition coefficient (Wildman–Crippen LogP) is 2.02. The molecule has 0 aliphatic carbocycles. The van der Waals surface area contributed by atoms with E-state index in [1.165, 1.54) is 0 Å². The lowest BCUT2D eigenvalue weighted by Gasteiger charge is -2.32. The summed E-state index contributed by atoms with van der Waals surface area (Å²) in [5, 5.41) is 5.80. The van der Waals surface area contributed by atoms with Crippen LogP contribution < -0.4 is 10.6 Å². The zero-order valence-corrected chi connectivity index (χ0v) is 16.7. The molecule has 8 heteroatoms. The van der Waals surface area contributed by atoms with Gasteiger partial charge in [-0.1, -0.05) is 29.8 Å². The summed E-state index contributed by atoms with van der Waals surface area (Å²) >= 11 is 6.04. The van der Waals surface area contributed by atoms with E-state index in [1.807, 2.05) is 11.0 Å². The van der Waals surface area contributed by atoms with E-state index in [9.17, 15) is 14.4 Å². The van der Waals surface area contributed by atoms with Crippen molar-refractivity contribution in [3.8, 4) is 0 Å². The van der Waals surface area contributed by atoms with Gasteiger partial charge < -0.3 is 15.5 Å². The van der Waals surface area contributed by atoms with Gasteiger partial charge in [-0.15, -0.1) is 0 Å². The van der Waals surface area contributed by atoms with Gasteiger partial charge in [-0.25, -0.2) is 0 Å². The van der Waals surface area contributed by atoms with Gasteiger partial charge in [-0.05, 0) is 42.5 Å². The van der Waals surface area contributed by atoms with Crippen molar-refractivity contribution in [1.29, 1.82) is 0 Å². The molecular formula is C21H23ClN4O3. The van der Waals surface area contributed by atoms with E-state index in [-0.39, 0.29) is 18.4 Å². The summed E-state index contributed by atoms with van der Waals surface area (Å²) in [6.07, 6.45) is 4.76. The second kappa shape index (κ2) is 10.0. The number of nitrogens with one attached hydrogen (secondary N) is 2. The molecule has 1 aromatic heterocycles. The fourth-order valence-corrected chi connectivity index (χ4v) is 3.43. The van der Waals surface area contributed by atoms with Crippen LogP contribution in [0.4, 0.5) is 0 Å². The maximum Gasteiger partial charge on any atom is 0.309 e. The number of pyridine rings is 1. The molecule has 0 radical (unpaired) electrons. The minimum atomic E-state index is -0.685. The number of rotatable bonds is 5. The second-order valence-corrected chi connectivity index (χ2v) is 7.36. The zero-order chi connectivity index (χ0) is 20.6. The first-order valence-electron chi connectivity index (χ1n) is 9.53. The van der Waals surface area contributed by atoms with Crippen molar-refractivity contribution >= 4 is 29.3 Å². The van der Waals surface area contributed by atoms with Gasteiger partial charge in [0.05, 0.1) is 0 Å². The van der Waals surface area contributed by atoms with Crippen LogP contribution in [0, 0.1) is 5.92 Å². The van der Waals surface area contributed by atoms with Gasteiger partial charge in [0.15, 0.2) is 0 Å². The molecule has 3 amide bonds. The van der Waals surface area contributed by atoms with Crippen LogP contribution in [0.2, 0.25) is 5.02 Å². The average Bonchev–Trinajstić information content (AvgIpc) is 2.77. The number of carbonyl (C=O) groups is 3. The van der Waals surface area contributed by atoms with Gasteiger partial charge in [0.25, 0.3) is 5.91 Å². The quantitative estimate of drug-likeness (QED) is 0.732. The van der Waals surface area contributed by atoms with Gasteiger partial charge >= 0.3 is 11.8 Å². The van der Waals surface area contributed by atoms with Crippen LogP contribution in [0.1, 0.15) is 28.8 Å². The molecule has 3 rings (SSSR count). The third-order valence-electron chi connectivity index (χ3n) is 4.98. The maximum absolute atomic E-state index is 12.4. The molecule has 2 aromatic rings. The zero-order valence-electron chi connectivity index (χ0n) is 15.9. The van der Waals surface area contributed by atoms with Crippen LogP contribution in [0.5, 0.6) is 0 Å². The molecule has 1 fully saturated rings. The molecule has 1 aliphatic rings. The number of halogens is 1. The Morgan fingerprint density at radius 3 is 2.34 bits per heavy atom. The van der Waals surface area contributed by atoms with Crippen molar-refractivity contribution in [3.63, 3.8) is 0 Å². The van der Waals surface area contributed by atoms with Crippen molar-refractivity contribution in [2.24, 2.45) is 5.92 Å². The summed E-state index contributed by atoms with van der Waals surface area (Å²) in [6.45, 7) is 1.86. The summed E-state index contributed by atoms with van der Waals surface area (Å²) in [6, 6.07) is 10.6. The highest BCUT2D eigenvalue weighted by Crippen LogP contribution is 2.18. The molecule has 0 bridgehead atoms. The summed E-state index contributed by atoms with van der Waals surface area (Å²) in [7, 11) is 0. The first-order valence-corrected chi connectivity index (χ1v) is 9.91. The third kappa shape index (κ3) is 5.77. The first-order chi connectivity index (χ1) is 14.0. The number of hydrogen-bond donors (Lipinski definition) is 2. The molecule has 29 heavy (non-hydrogen) atoms. The molecular weight excluding hydrogens is 392 g/mol. The maximum atomic E-state index is 12.4. The van der Waals surface area contributed by atoms with Crippen LogP contribution >= 0.6 is 11.6 Å². The fourth-order valence-electron chi connectivity index (χ4n) is 3.23. The number of likely N-dealkylation sites (tertiary alicyclic amines) is 1. The third-order valence-corrected chi connectivity index (χ3v) is 5.35. The van der Waals surface area contributed by atoms with Crippen molar-refractivity contribution in [2.75, 3.05) is 19.6 Å². The smallest absolute Gasteiger partial charge is 0.309 e. The summed E-state index contributed by atoms with van der Waals surface area (Å²) < 4.78 is 0. The number of carbonyl (C=O) groups excluding carboxylic acids is 3. The Balaban J connectivity index is 1.38. The topological polar surface area (TPSA) is 91.4 Å². The lowest BCUT2D eigenvalue weighted by Crippen LogP contribution is -2.44. The standard InChI is InChI=1S/C21H23ClN4O3/c22-18-4-2-1-3-17(18)14-25-20(28)19(27)24-13-15-7-11-26(12-8-15)21(29)16-5-9-23-10-6-16/h1-6,9-10,15H,7-8,11-14H2,(H,24,27)(H,25,28). The Labute approximate surface area is 174 Å². The summed E-state index contributed by atoms with van der Waals surface area (Å²) in [5.74, 6) is -1.12. The average molecular weight is 415 g/mol. The minimum Gasteiger partial charge on any atom is -0.348 e. The normalized spacial score (nSPS) is 14.3. The highest BCUT2D eigenvalue weighted by atomic mass is 35.5. The van der Waals surface area contributed by atoms with E-state index >= 15 is 0 Å². The van der Waals surface area contributed by atoms with Crippen LogP contribution in [0.25, 0.3) is 0 Å². The molecule has 1 aliphatic heterocycles. The number of amides is 3. The Morgan fingerprint density at radius 1 is 1.00 bits per heavy atom. The Morgan fingerprint density at radius 2 is 1.66 bits per heavy atom. The largest absolute Gasteiger partial charge is 0.348 e. The predicted molar refractivity (Wildman–Crippen MR) is 109 cm³/mol. The number of hydrogen-bond acceptors (Lipinski definition) is 4. The van der Waals surface area contributed by atoms with Gasteiger partial charge in [0.2, 0.25) is 0 Å². The number of piperidine rings is 1. The lowest BCUT2D eigenvalue weighted by atomic mass is 9.96. The molecule has 0 spiro atoms. The first kappa shape index (κ1) is 20.8. The fraction of sp³-hybridized carbons (Fsp3) is 0.333. The SMILES string of the molecule is O=C(NCc1ccccc1Cl)C(=O)NCC1CCN(C(=O)c2ccncc2)CC1. The van der Waals surface area contributed by atoms with Gasteiger partial charge in [-0.3, -0.25) is 19.4 Å². The van der Waals surface area contributed by atoms with E-state index in [0.717, 1.165) is 18.4 Å². The van der Waals surface area contributed by atoms with Crippen molar-refractivity contribution in [1.82, 2.24) is 20.5 Å². The number of aromatic nitrogens is 1. The molecule has 2 N–H and O–H groups in total. The van der Waals surface area contributed by atoms with Crippen molar-refractivity contribution in [3.05, 3.63) is 64.9 Å². The molecule has 7 nitrogen and oxygen atoms in total. The lowest BCUT2D eigenvalue weighted by molar-refractivity contribution is -0.139. The van der Waals surface area contributed by atoms with Crippen LogP contribution in [-0.2, 0) is 16.1 Å². The Hall–Kier alpha value is -2.93. The van der Waals surface area contributed by atoms with E-state index in [0.29, 0.717) is 30.2 Å². The second-order valence-electron chi connectivity index (χ2n) is 6.96. The molecule has 0 atom stereocenters. The van der Waals surface area contributed by atoms with Gasteiger partial charge in [-0.2, -0.15) is 0 Å². The molecule has 1 aromatic carbocycles. The highest BCUT2D eigenvalue weighted by molar-refractivity contribution is 6.35. The minimum absolute atomic E-state index is 0.00571. The Bertz CT molecular complexity index is 867. The van der Waals surface area contributed by atoms with Gasteiger partial charge in [0.1, 0.15) is 0 Å². The monoisotopic (exact) mass is 414 g/mol. The Kier molecular flexibility index (Phi) is 7.19. The number of nitrogens with zero attached hydrogens (tertiary/aromatic N) is 2. The van der Waals surface area contributed by atoms with Crippen molar-refractivity contribution < 1.29 is 14.4 Å².